The van der Waals surface area contributed by atoms with Crippen LogP contribution in [-0.2, 0) is 9.59 Å². The van der Waals surface area contributed by atoms with Gasteiger partial charge in [0.15, 0.2) is 6.61 Å². The smallest absolute Gasteiger partial charge is 0.277 e. The molecule has 3 aromatic rings. The van der Waals surface area contributed by atoms with Gasteiger partial charge < -0.3 is 15.4 Å². The predicted octanol–water partition coefficient (Wildman–Crippen LogP) is 5.85. The number of para-hydroxylation sites is 1. The van der Waals surface area contributed by atoms with Gasteiger partial charge in [0.1, 0.15) is 5.75 Å². The normalized spacial score (nSPS) is 10.9. The molecular formula is C24H22Br2N4O3. The summed E-state index contributed by atoms with van der Waals surface area (Å²) < 4.78 is 7.08. The van der Waals surface area contributed by atoms with E-state index in [1.165, 1.54) is 0 Å². The molecule has 0 atom stereocenters. The Labute approximate surface area is 208 Å². The summed E-state index contributed by atoms with van der Waals surface area (Å²) >= 11 is 6.72. The van der Waals surface area contributed by atoms with E-state index in [1.54, 1.807) is 13.0 Å². The third-order valence-corrected chi connectivity index (χ3v) is 5.38. The number of hydrazone groups is 1. The van der Waals surface area contributed by atoms with Crippen LogP contribution in [0.5, 0.6) is 5.75 Å². The summed E-state index contributed by atoms with van der Waals surface area (Å²) in [6.45, 7) is 1.46. The van der Waals surface area contributed by atoms with Gasteiger partial charge in [-0.15, -0.1) is 0 Å². The Bertz CT molecular complexity index is 1140. The lowest BCUT2D eigenvalue weighted by Gasteiger charge is -2.09. The predicted molar refractivity (Wildman–Crippen MR) is 138 cm³/mol. The molecule has 0 aromatic heterocycles. The van der Waals surface area contributed by atoms with Crippen LogP contribution < -0.4 is 20.8 Å². The first-order valence-corrected chi connectivity index (χ1v) is 11.6. The highest BCUT2D eigenvalue weighted by molar-refractivity contribution is 9.11. The average Bonchev–Trinajstić information content (AvgIpc) is 2.79. The lowest BCUT2D eigenvalue weighted by molar-refractivity contribution is -0.123. The fourth-order valence-corrected chi connectivity index (χ4v) is 3.89. The number of rotatable bonds is 9. The molecule has 0 saturated carbocycles. The van der Waals surface area contributed by atoms with E-state index < -0.39 is 5.91 Å². The van der Waals surface area contributed by atoms with E-state index in [2.05, 4.69) is 53.0 Å². The number of carbonyl (C=O) groups is 2. The van der Waals surface area contributed by atoms with E-state index in [0.717, 1.165) is 20.3 Å². The number of anilines is 3. The highest BCUT2D eigenvalue weighted by Crippen LogP contribution is 2.28. The lowest BCUT2D eigenvalue weighted by Crippen LogP contribution is -2.26. The summed E-state index contributed by atoms with van der Waals surface area (Å²) in [5, 5.41) is 10.1. The molecule has 2 amide bonds. The second kappa shape index (κ2) is 12.2. The van der Waals surface area contributed by atoms with Crippen molar-refractivity contribution in [1.82, 2.24) is 5.43 Å². The molecule has 0 spiro atoms. The number of benzene rings is 3. The van der Waals surface area contributed by atoms with Crippen LogP contribution in [0.1, 0.15) is 13.3 Å². The zero-order valence-electron chi connectivity index (χ0n) is 17.8. The number of ether oxygens (including phenoxy) is 1. The van der Waals surface area contributed by atoms with Gasteiger partial charge in [-0.3, -0.25) is 9.59 Å². The number of hydrogen-bond donors (Lipinski definition) is 3. The zero-order chi connectivity index (χ0) is 23.6. The molecule has 0 saturated heterocycles. The topological polar surface area (TPSA) is 91.8 Å². The molecule has 0 fully saturated rings. The van der Waals surface area contributed by atoms with E-state index in [-0.39, 0.29) is 18.9 Å². The molecule has 7 nitrogen and oxygen atoms in total. The third-order valence-electron chi connectivity index (χ3n) is 4.27. The van der Waals surface area contributed by atoms with Crippen molar-refractivity contribution < 1.29 is 14.3 Å². The third kappa shape index (κ3) is 8.36. The first kappa shape index (κ1) is 24.5. The largest absolute Gasteiger partial charge is 0.483 e. The van der Waals surface area contributed by atoms with E-state index in [0.29, 0.717) is 17.1 Å². The fourth-order valence-electron chi connectivity index (χ4n) is 2.73. The molecular weight excluding hydrogens is 552 g/mol. The number of nitrogens with one attached hydrogen (secondary N) is 3. The second-order valence-electron chi connectivity index (χ2n) is 7.04. The maximum absolute atomic E-state index is 12.3. The molecule has 3 aromatic carbocycles. The Morgan fingerprint density at radius 2 is 1.55 bits per heavy atom. The van der Waals surface area contributed by atoms with E-state index >= 15 is 0 Å². The van der Waals surface area contributed by atoms with Crippen molar-refractivity contribution in [2.75, 3.05) is 17.2 Å². The SMILES string of the molecule is CC(CC(=O)Nc1ccc(Nc2ccccc2)cc1)=NNC(=O)COc1ccc(Br)cc1Br. The monoisotopic (exact) mass is 572 g/mol. The molecule has 0 aliphatic heterocycles. The van der Waals surface area contributed by atoms with Crippen LogP contribution in [0.25, 0.3) is 0 Å². The van der Waals surface area contributed by atoms with Gasteiger partial charge in [-0.25, -0.2) is 5.43 Å². The van der Waals surface area contributed by atoms with Gasteiger partial charge in [0, 0.05) is 27.2 Å². The number of hydrogen-bond acceptors (Lipinski definition) is 5. The molecule has 0 unspecified atom stereocenters. The summed E-state index contributed by atoms with van der Waals surface area (Å²) in [7, 11) is 0. The summed E-state index contributed by atoms with van der Waals surface area (Å²) in [5.74, 6) is -0.117. The Morgan fingerprint density at radius 3 is 2.24 bits per heavy atom. The first-order chi connectivity index (χ1) is 15.9. The van der Waals surface area contributed by atoms with Crippen molar-refractivity contribution in [3.8, 4) is 5.75 Å². The maximum Gasteiger partial charge on any atom is 0.277 e. The van der Waals surface area contributed by atoms with Crippen molar-refractivity contribution in [2.45, 2.75) is 13.3 Å². The van der Waals surface area contributed by atoms with Crippen molar-refractivity contribution in [3.05, 3.63) is 81.7 Å². The van der Waals surface area contributed by atoms with Gasteiger partial charge >= 0.3 is 0 Å². The Kier molecular flexibility index (Phi) is 9.03. The van der Waals surface area contributed by atoms with Gasteiger partial charge in [0.05, 0.1) is 10.9 Å². The van der Waals surface area contributed by atoms with Gasteiger partial charge in [-0.1, -0.05) is 34.1 Å². The summed E-state index contributed by atoms with van der Waals surface area (Å²) in [5.41, 5.74) is 5.43. The Morgan fingerprint density at radius 1 is 0.879 bits per heavy atom. The number of carbonyl (C=O) groups excluding carboxylic acids is 2. The van der Waals surface area contributed by atoms with Gasteiger partial charge in [0.2, 0.25) is 5.91 Å². The fraction of sp³-hybridized carbons (Fsp3) is 0.125. The van der Waals surface area contributed by atoms with Crippen LogP contribution in [0.15, 0.2) is 86.8 Å². The molecule has 3 rings (SSSR count). The van der Waals surface area contributed by atoms with Crippen LogP contribution >= 0.6 is 31.9 Å². The molecule has 33 heavy (non-hydrogen) atoms. The lowest BCUT2D eigenvalue weighted by atomic mass is 10.2. The van der Waals surface area contributed by atoms with Crippen LogP contribution in [0.3, 0.4) is 0 Å². The number of nitrogens with zero attached hydrogens (tertiary/aromatic N) is 1. The second-order valence-corrected chi connectivity index (χ2v) is 8.81. The highest BCUT2D eigenvalue weighted by Gasteiger charge is 2.08. The molecule has 0 heterocycles. The van der Waals surface area contributed by atoms with Gasteiger partial charge in [0.25, 0.3) is 5.91 Å². The summed E-state index contributed by atoms with van der Waals surface area (Å²) in [6, 6.07) is 22.6. The average molecular weight is 574 g/mol. The van der Waals surface area contributed by atoms with E-state index in [9.17, 15) is 9.59 Å². The van der Waals surface area contributed by atoms with Crippen LogP contribution in [0, 0.1) is 0 Å². The molecule has 170 valence electrons. The van der Waals surface area contributed by atoms with Crippen LogP contribution in [0.2, 0.25) is 0 Å². The zero-order valence-corrected chi connectivity index (χ0v) is 20.9. The number of halogens is 2. The van der Waals surface area contributed by atoms with Gasteiger partial charge in [-0.2, -0.15) is 5.10 Å². The molecule has 0 aliphatic rings. The molecule has 0 bridgehead atoms. The standard InChI is InChI=1S/C24H22Br2N4O3/c1-16(29-30-24(32)15-33-22-12-7-17(25)14-21(22)26)13-23(31)28-20-10-8-19(9-11-20)27-18-5-3-2-4-6-18/h2-12,14,27H,13,15H2,1H3,(H,28,31)(H,30,32). The van der Waals surface area contributed by atoms with Crippen LogP contribution in [0.4, 0.5) is 17.1 Å². The van der Waals surface area contributed by atoms with Crippen molar-refractivity contribution >= 4 is 66.4 Å². The van der Waals surface area contributed by atoms with E-state index in [1.807, 2.05) is 66.7 Å². The Hall–Kier alpha value is -3.17. The molecule has 0 aliphatic carbocycles. The molecule has 3 N–H and O–H groups in total. The minimum Gasteiger partial charge on any atom is -0.483 e. The quantitative estimate of drug-likeness (QED) is 0.221. The molecule has 0 radical (unpaired) electrons. The van der Waals surface area contributed by atoms with Crippen molar-refractivity contribution in [3.63, 3.8) is 0 Å². The Balaban J connectivity index is 1.42. The highest BCUT2D eigenvalue weighted by atomic mass is 79.9. The molecule has 9 heteroatoms. The van der Waals surface area contributed by atoms with Crippen molar-refractivity contribution in [1.29, 1.82) is 0 Å². The minimum atomic E-state index is -0.425. The maximum atomic E-state index is 12.3. The van der Waals surface area contributed by atoms with Crippen LogP contribution in [-0.4, -0.2) is 24.1 Å². The summed E-state index contributed by atoms with van der Waals surface area (Å²) in [4.78, 5) is 24.2. The van der Waals surface area contributed by atoms with Gasteiger partial charge in [-0.05, 0) is 77.5 Å². The first-order valence-electron chi connectivity index (χ1n) is 10.0. The van der Waals surface area contributed by atoms with E-state index in [4.69, 9.17) is 4.74 Å². The number of amides is 2. The minimum absolute atomic E-state index is 0.0451. The van der Waals surface area contributed by atoms with Crippen molar-refractivity contribution in [2.24, 2.45) is 5.10 Å². The summed E-state index contributed by atoms with van der Waals surface area (Å²) in [6.07, 6.45) is 0.0451.